The molecule has 3 N–H and O–H groups in total. The third kappa shape index (κ3) is 2.68. The Balaban J connectivity index is 3.06. The fraction of sp³-hybridized carbons (Fsp3) is 0.0667. The number of esters is 1. The first-order valence-electron chi connectivity index (χ1n) is 6.19. The fourth-order valence-electron chi connectivity index (χ4n) is 2.15. The molecular formula is C15H9BrN4O3. The Labute approximate surface area is 139 Å². The van der Waals surface area contributed by atoms with E-state index < -0.39 is 11.5 Å². The number of aromatic amines is 1. The smallest absolute Gasteiger partial charge is 0.338 e. The number of nitrogens with one attached hydrogen (secondary N) is 1. The van der Waals surface area contributed by atoms with E-state index in [2.05, 4.69) is 20.9 Å². The molecule has 0 saturated heterocycles. The van der Waals surface area contributed by atoms with Crippen LogP contribution < -0.4 is 11.3 Å². The third-order valence-corrected chi connectivity index (χ3v) is 3.80. The van der Waals surface area contributed by atoms with Crippen LogP contribution in [0.2, 0.25) is 0 Å². The number of H-pyrrole nitrogens is 1. The first-order valence-corrected chi connectivity index (χ1v) is 6.98. The Morgan fingerprint density at radius 2 is 1.91 bits per heavy atom. The van der Waals surface area contributed by atoms with E-state index in [0.29, 0.717) is 4.47 Å². The van der Waals surface area contributed by atoms with Gasteiger partial charge >= 0.3 is 5.97 Å². The number of carbonyl (C=O) groups is 1. The molecule has 1 aromatic heterocycles. The van der Waals surface area contributed by atoms with Crippen molar-refractivity contribution in [3.63, 3.8) is 0 Å². The number of hydrogen-bond donors (Lipinski definition) is 2. The SMILES string of the molecule is COC(=O)c1cccc(Br)c1-c1c(C#N)c(N)[nH]c(=O)c1C#N. The Kier molecular flexibility index (Phi) is 4.49. The number of aromatic nitrogens is 1. The van der Waals surface area contributed by atoms with Crippen LogP contribution in [0.5, 0.6) is 0 Å². The average Bonchev–Trinajstić information content (AvgIpc) is 2.53. The van der Waals surface area contributed by atoms with Crippen LogP contribution in [-0.2, 0) is 4.74 Å². The van der Waals surface area contributed by atoms with E-state index in [9.17, 15) is 20.1 Å². The molecule has 23 heavy (non-hydrogen) atoms. The van der Waals surface area contributed by atoms with Crippen molar-refractivity contribution in [2.24, 2.45) is 0 Å². The predicted octanol–water partition coefficient (Wildman–Crippen LogP) is 1.92. The van der Waals surface area contributed by atoms with Gasteiger partial charge in [0.05, 0.1) is 12.7 Å². The van der Waals surface area contributed by atoms with Crippen LogP contribution in [0, 0.1) is 22.7 Å². The maximum Gasteiger partial charge on any atom is 0.338 e. The fourth-order valence-corrected chi connectivity index (χ4v) is 2.72. The summed E-state index contributed by atoms with van der Waals surface area (Å²) in [5.41, 5.74) is 4.81. The van der Waals surface area contributed by atoms with Gasteiger partial charge in [0.2, 0.25) is 0 Å². The summed E-state index contributed by atoms with van der Waals surface area (Å²) in [6, 6.07) is 8.28. The van der Waals surface area contributed by atoms with Gasteiger partial charge in [0.15, 0.2) is 0 Å². The zero-order valence-corrected chi connectivity index (χ0v) is 13.4. The largest absolute Gasteiger partial charge is 0.465 e. The molecule has 0 unspecified atom stereocenters. The summed E-state index contributed by atoms with van der Waals surface area (Å²) >= 11 is 3.28. The van der Waals surface area contributed by atoms with Crippen molar-refractivity contribution in [3.05, 3.63) is 49.7 Å². The van der Waals surface area contributed by atoms with Gasteiger partial charge in [-0.1, -0.05) is 22.0 Å². The molecule has 1 aromatic carbocycles. The van der Waals surface area contributed by atoms with Gasteiger partial charge in [-0.3, -0.25) is 4.79 Å². The number of nitrogens with zero attached hydrogens (tertiary/aromatic N) is 2. The molecule has 8 heteroatoms. The van der Waals surface area contributed by atoms with Crippen molar-refractivity contribution in [1.29, 1.82) is 10.5 Å². The normalized spacial score (nSPS) is 9.74. The number of carbonyl (C=O) groups excluding carboxylic acids is 1. The summed E-state index contributed by atoms with van der Waals surface area (Å²) in [6.45, 7) is 0. The molecule has 0 radical (unpaired) electrons. The number of ether oxygens (including phenoxy) is 1. The zero-order chi connectivity index (χ0) is 17.1. The second-order valence-corrected chi connectivity index (χ2v) is 5.22. The molecule has 7 nitrogen and oxygen atoms in total. The highest BCUT2D eigenvalue weighted by molar-refractivity contribution is 9.10. The Hall–Kier alpha value is -3.10. The molecule has 114 valence electrons. The summed E-state index contributed by atoms with van der Waals surface area (Å²) in [6.07, 6.45) is 0. The van der Waals surface area contributed by atoms with Crippen LogP contribution in [-0.4, -0.2) is 18.1 Å². The van der Waals surface area contributed by atoms with Crippen LogP contribution in [0.1, 0.15) is 21.5 Å². The van der Waals surface area contributed by atoms with Crippen LogP contribution in [0.4, 0.5) is 5.82 Å². The summed E-state index contributed by atoms with van der Waals surface area (Å²) in [5.74, 6) is -0.856. The summed E-state index contributed by atoms with van der Waals surface area (Å²) in [4.78, 5) is 26.2. The summed E-state index contributed by atoms with van der Waals surface area (Å²) in [5, 5.41) is 18.7. The molecule has 0 aliphatic heterocycles. The van der Waals surface area contributed by atoms with Crippen molar-refractivity contribution < 1.29 is 9.53 Å². The molecule has 0 atom stereocenters. The van der Waals surface area contributed by atoms with Crippen molar-refractivity contribution in [2.75, 3.05) is 12.8 Å². The lowest BCUT2D eigenvalue weighted by atomic mass is 9.93. The van der Waals surface area contributed by atoms with E-state index in [1.807, 2.05) is 6.07 Å². The van der Waals surface area contributed by atoms with Gasteiger partial charge in [-0.25, -0.2) is 4.79 Å². The number of rotatable bonds is 2. The quantitative estimate of drug-likeness (QED) is 0.773. The number of nitrogens with two attached hydrogens (primary N) is 1. The lowest BCUT2D eigenvalue weighted by Crippen LogP contribution is -2.17. The Bertz CT molecular complexity index is 951. The number of nitrogen functional groups attached to an aromatic ring is 1. The zero-order valence-electron chi connectivity index (χ0n) is 11.8. The van der Waals surface area contributed by atoms with E-state index in [1.165, 1.54) is 13.2 Å². The molecule has 0 spiro atoms. The number of anilines is 1. The topological polar surface area (TPSA) is 133 Å². The molecule has 0 bridgehead atoms. The molecule has 2 aromatic rings. The highest BCUT2D eigenvalue weighted by Gasteiger charge is 2.24. The second kappa shape index (κ2) is 6.34. The van der Waals surface area contributed by atoms with E-state index in [1.54, 1.807) is 18.2 Å². The molecule has 0 aliphatic rings. The van der Waals surface area contributed by atoms with Crippen LogP contribution in [0.15, 0.2) is 27.5 Å². The first kappa shape index (κ1) is 16.3. The number of nitriles is 2. The number of methoxy groups -OCH3 is 1. The van der Waals surface area contributed by atoms with E-state index in [-0.39, 0.29) is 33.6 Å². The molecule has 0 aliphatic carbocycles. The molecular weight excluding hydrogens is 364 g/mol. The van der Waals surface area contributed by atoms with Gasteiger partial charge in [0, 0.05) is 15.6 Å². The average molecular weight is 373 g/mol. The molecule has 0 fully saturated rings. The standard InChI is InChI=1S/C15H9BrN4O3/c1-23-15(22)7-3-2-4-10(16)12(7)11-8(5-17)13(19)20-14(21)9(11)6-18/h2-4H,1H3,(H3,19,20,21). The van der Waals surface area contributed by atoms with E-state index in [0.717, 1.165) is 0 Å². The maximum absolute atomic E-state index is 12.0. The van der Waals surface area contributed by atoms with Gasteiger partial charge in [-0.15, -0.1) is 0 Å². The van der Waals surface area contributed by atoms with Crippen LogP contribution >= 0.6 is 15.9 Å². The summed E-state index contributed by atoms with van der Waals surface area (Å²) < 4.78 is 5.13. The molecule has 2 rings (SSSR count). The monoisotopic (exact) mass is 372 g/mol. The van der Waals surface area contributed by atoms with Gasteiger partial charge < -0.3 is 15.5 Å². The van der Waals surface area contributed by atoms with E-state index in [4.69, 9.17) is 10.5 Å². The van der Waals surface area contributed by atoms with Crippen molar-refractivity contribution in [2.45, 2.75) is 0 Å². The third-order valence-electron chi connectivity index (χ3n) is 3.14. The molecule has 0 saturated carbocycles. The number of halogens is 1. The first-order chi connectivity index (χ1) is 11.0. The summed E-state index contributed by atoms with van der Waals surface area (Å²) in [7, 11) is 1.20. The van der Waals surface area contributed by atoms with Crippen molar-refractivity contribution >= 4 is 27.7 Å². The van der Waals surface area contributed by atoms with Crippen LogP contribution in [0.3, 0.4) is 0 Å². The number of hydrogen-bond acceptors (Lipinski definition) is 6. The Morgan fingerprint density at radius 3 is 2.48 bits per heavy atom. The van der Waals surface area contributed by atoms with Crippen LogP contribution in [0.25, 0.3) is 11.1 Å². The van der Waals surface area contributed by atoms with Gasteiger partial charge in [-0.05, 0) is 12.1 Å². The van der Waals surface area contributed by atoms with Gasteiger partial charge in [0.1, 0.15) is 29.1 Å². The predicted molar refractivity (Wildman–Crippen MR) is 85.4 cm³/mol. The molecule has 1 heterocycles. The Morgan fingerprint density at radius 1 is 1.26 bits per heavy atom. The lowest BCUT2D eigenvalue weighted by Gasteiger charge is -2.14. The molecule has 0 amide bonds. The maximum atomic E-state index is 12.0. The van der Waals surface area contributed by atoms with Gasteiger partial charge in [-0.2, -0.15) is 10.5 Å². The minimum absolute atomic E-state index is 0.0101. The van der Waals surface area contributed by atoms with Gasteiger partial charge in [0.25, 0.3) is 5.56 Å². The van der Waals surface area contributed by atoms with Crippen molar-refractivity contribution in [1.82, 2.24) is 4.98 Å². The minimum atomic E-state index is -0.745. The highest BCUT2D eigenvalue weighted by atomic mass is 79.9. The minimum Gasteiger partial charge on any atom is -0.465 e. The van der Waals surface area contributed by atoms with E-state index >= 15 is 0 Å². The lowest BCUT2D eigenvalue weighted by molar-refractivity contribution is 0.0601. The number of benzene rings is 1. The number of pyridine rings is 1. The highest BCUT2D eigenvalue weighted by Crippen LogP contribution is 2.36. The van der Waals surface area contributed by atoms with Crippen molar-refractivity contribution in [3.8, 4) is 23.3 Å². The second-order valence-electron chi connectivity index (χ2n) is 4.37.